The largest absolute Gasteiger partial charge is 0.434 e. The number of alkyl halides is 3. The maximum absolute atomic E-state index is 12.6. The van der Waals surface area contributed by atoms with Crippen LogP contribution in [0.4, 0.5) is 13.2 Å². The molecule has 146 valence electrons. The summed E-state index contributed by atoms with van der Waals surface area (Å²) < 4.78 is 37.9. The quantitative estimate of drug-likeness (QED) is 0.617. The predicted molar refractivity (Wildman–Crippen MR) is 98.5 cm³/mol. The number of guanidine groups is 1. The molecule has 1 saturated carbocycles. The number of halogens is 3. The van der Waals surface area contributed by atoms with Crippen LogP contribution >= 0.6 is 11.3 Å². The summed E-state index contributed by atoms with van der Waals surface area (Å²) in [6, 6.07) is 0. The molecule has 1 spiro atoms. The highest BCUT2D eigenvalue weighted by Crippen LogP contribution is 2.43. The fraction of sp³-hybridized carbons (Fsp3) is 0.778. The van der Waals surface area contributed by atoms with Gasteiger partial charge in [0.1, 0.15) is 0 Å². The highest BCUT2D eigenvalue weighted by molar-refractivity contribution is 7.09. The molecule has 1 N–H and O–H groups in total. The van der Waals surface area contributed by atoms with E-state index < -0.39 is 11.9 Å². The molecule has 8 heteroatoms. The Morgan fingerprint density at radius 3 is 2.73 bits per heavy atom. The number of rotatable bonds is 4. The van der Waals surface area contributed by atoms with Gasteiger partial charge in [0.2, 0.25) is 0 Å². The van der Waals surface area contributed by atoms with Gasteiger partial charge >= 0.3 is 6.18 Å². The minimum atomic E-state index is -4.36. The van der Waals surface area contributed by atoms with Crippen molar-refractivity contribution in [1.29, 1.82) is 0 Å². The summed E-state index contributed by atoms with van der Waals surface area (Å²) in [6.07, 6.45) is 3.92. The lowest BCUT2D eigenvalue weighted by molar-refractivity contribution is -0.140. The Morgan fingerprint density at radius 2 is 2.08 bits per heavy atom. The number of likely N-dealkylation sites (tertiary alicyclic amines) is 1. The van der Waals surface area contributed by atoms with E-state index in [1.807, 2.05) is 6.92 Å². The zero-order chi connectivity index (χ0) is 18.6. The van der Waals surface area contributed by atoms with Crippen LogP contribution in [0.15, 0.2) is 10.4 Å². The van der Waals surface area contributed by atoms with Crippen molar-refractivity contribution in [3.8, 4) is 0 Å². The summed E-state index contributed by atoms with van der Waals surface area (Å²) in [5.74, 6) is 0.891. The molecule has 0 radical (unpaired) electrons. The van der Waals surface area contributed by atoms with Crippen molar-refractivity contribution in [3.05, 3.63) is 16.1 Å². The van der Waals surface area contributed by atoms with Crippen molar-refractivity contribution in [2.45, 2.75) is 58.0 Å². The Labute approximate surface area is 156 Å². The highest BCUT2D eigenvalue weighted by atomic mass is 32.1. The molecule has 1 aromatic heterocycles. The molecule has 2 heterocycles. The second-order valence-electron chi connectivity index (χ2n) is 7.34. The standard InChI is InChI=1S/C18H27F3N4S/c1-2-22-16(25-11-9-17(13-25)7-4-3-5-8-17)23-10-6-15-24-14(12-26-15)18(19,20)21/h12H,2-11,13H2,1H3,(H,22,23). The Balaban J connectivity index is 1.58. The van der Waals surface area contributed by atoms with Crippen LogP contribution in [0.25, 0.3) is 0 Å². The van der Waals surface area contributed by atoms with E-state index in [0.717, 1.165) is 42.3 Å². The Morgan fingerprint density at radius 1 is 1.31 bits per heavy atom. The van der Waals surface area contributed by atoms with Gasteiger partial charge in [0.05, 0.1) is 5.01 Å². The van der Waals surface area contributed by atoms with Gasteiger partial charge in [-0.05, 0) is 31.6 Å². The van der Waals surface area contributed by atoms with Crippen molar-refractivity contribution in [2.24, 2.45) is 10.4 Å². The van der Waals surface area contributed by atoms with Gasteiger partial charge in [0, 0.05) is 38.0 Å². The minimum absolute atomic E-state index is 0.439. The van der Waals surface area contributed by atoms with Crippen molar-refractivity contribution >= 4 is 17.3 Å². The Kier molecular flexibility index (Phi) is 6.10. The third-order valence-corrected chi connectivity index (χ3v) is 6.32. The lowest BCUT2D eigenvalue weighted by atomic mass is 9.73. The molecule has 2 fully saturated rings. The third kappa shape index (κ3) is 4.69. The zero-order valence-corrected chi connectivity index (χ0v) is 16.1. The fourth-order valence-electron chi connectivity index (χ4n) is 4.06. The van der Waals surface area contributed by atoms with Gasteiger partial charge < -0.3 is 10.2 Å². The third-order valence-electron chi connectivity index (χ3n) is 5.42. The SMILES string of the molecule is CCNC(=NCCc1nc(C(F)(F)F)cs1)N1CCC2(CCCCC2)C1. The predicted octanol–water partition coefficient (Wildman–Crippen LogP) is 4.33. The van der Waals surface area contributed by atoms with Crippen LogP contribution in [0, 0.1) is 5.41 Å². The van der Waals surface area contributed by atoms with E-state index in [-0.39, 0.29) is 0 Å². The molecule has 4 nitrogen and oxygen atoms in total. The van der Waals surface area contributed by atoms with Crippen LogP contribution in [-0.4, -0.2) is 42.0 Å². The van der Waals surface area contributed by atoms with Gasteiger partial charge in [0.15, 0.2) is 11.7 Å². The number of hydrogen-bond donors (Lipinski definition) is 1. The first kappa shape index (κ1) is 19.5. The fourth-order valence-corrected chi connectivity index (χ4v) is 4.86. The average molecular weight is 389 g/mol. The minimum Gasteiger partial charge on any atom is -0.357 e. The zero-order valence-electron chi connectivity index (χ0n) is 15.2. The van der Waals surface area contributed by atoms with Gasteiger partial charge in [-0.3, -0.25) is 4.99 Å². The van der Waals surface area contributed by atoms with Crippen molar-refractivity contribution in [1.82, 2.24) is 15.2 Å². The second-order valence-corrected chi connectivity index (χ2v) is 8.28. The second kappa shape index (κ2) is 8.15. The monoisotopic (exact) mass is 388 g/mol. The summed E-state index contributed by atoms with van der Waals surface area (Å²) in [4.78, 5) is 10.7. The summed E-state index contributed by atoms with van der Waals surface area (Å²) >= 11 is 1.06. The first-order valence-corrected chi connectivity index (χ1v) is 10.3. The van der Waals surface area contributed by atoms with Crippen molar-refractivity contribution in [2.75, 3.05) is 26.2 Å². The van der Waals surface area contributed by atoms with E-state index >= 15 is 0 Å². The number of thiazole rings is 1. The molecular formula is C18H27F3N4S. The summed E-state index contributed by atoms with van der Waals surface area (Å²) in [7, 11) is 0. The van der Waals surface area contributed by atoms with E-state index in [1.165, 1.54) is 38.5 Å². The summed E-state index contributed by atoms with van der Waals surface area (Å²) in [5.41, 5.74) is -0.349. The van der Waals surface area contributed by atoms with Gasteiger partial charge in [-0.1, -0.05) is 19.3 Å². The van der Waals surface area contributed by atoms with Crippen LogP contribution < -0.4 is 5.32 Å². The van der Waals surface area contributed by atoms with E-state index in [1.54, 1.807) is 0 Å². The van der Waals surface area contributed by atoms with Gasteiger partial charge in [-0.15, -0.1) is 11.3 Å². The number of aliphatic imine (C=N–C) groups is 1. The molecular weight excluding hydrogens is 361 g/mol. The van der Waals surface area contributed by atoms with Crippen LogP contribution in [0.3, 0.4) is 0 Å². The van der Waals surface area contributed by atoms with Crippen molar-refractivity contribution in [3.63, 3.8) is 0 Å². The molecule has 0 bridgehead atoms. The average Bonchev–Trinajstić information content (AvgIpc) is 3.22. The van der Waals surface area contributed by atoms with Gasteiger partial charge in [-0.25, -0.2) is 4.98 Å². The van der Waals surface area contributed by atoms with Crippen LogP contribution in [0.5, 0.6) is 0 Å². The molecule has 0 amide bonds. The molecule has 1 aliphatic heterocycles. The molecule has 2 aliphatic rings. The van der Waals surface area contributed by atoms with Crippen LogP contribution in [-0.2, 0) is 12.6 Å². The number of aromatic nitrogens is 1. The van der Waals surface area contributed by atoms with Crippen LogP contribution in [0.1, 0.15) is 56.2 Å². The number of nitrogens with one attached hydrogen (secondary N) is 1. The Hall–Kier alpha value is -1.31. The van der Waals surface area contributed by atoms with E-state index in [4.69, 9.17) is 0 Å². The van der Waals surface area contributed by atoms with Gasteiger partial charge in [0.25, 0.3) is 0 Å². The Bertz CT molecular complexity index is 620. The van der Waals surface area contributed by atoms with E-state index in [9.17, 15) is 13.2 Å². The van der Waals surface area contributed by atoms with E-state index in [2.05, 4.69) is 20.2 Å². The smallest absolute Gasteiger partial charge is 0.357 e. The van der Waals surface area contributed by atoms with Gasteiger partial charge in [-0.2, -0.15) is 13.2 Å². The normalized spacial score (nSPS) is 20.8. The highest BCUT2D eigenvalue weighted by Gasteiger charge is 2.39. The first-order valence-electron chi connectivity index (χ1n) is 9.47. The molecule has 0 atom stereocenters. The maximum Gasteiger partial charge on any atom is 0.434 e. The molecule has 3 rings (SSSR count). The van der Waals surface area contributed by atoms with E-state index in [0.29, 0.717) is 23.4 Å². The topological polar surface area (TPSA) is 40.5 Å². The van der Waals surface area contributed by atoms with Crippen molar-refractivity contribution < 1.29 is 13.2 Å². The molecule has 1 aromatic rings. The lowest BCUT2D eigenvalue weighted by Crippen LogP contribution is -2.41. The molecule has 1 saturated heterocycles. The maximum atomic E-state index is 12.6. The van der Waals surface area contributed by atoms with Crippen LogP contribution in [0.2, 0.25) is 0 Å². The lowest BCUT2D eigenvalue weighted by Gasteiger charge is -2.33. The molecule has 26 heavy (non-hydrogen) atoms. The molecule has 0 unspecified atom stereocenters. The number of nitrogens with zero attached hydrogens (tertiary/aromatic N) is 3. The summed E-state index contributed by atoms with van der Waals surface area (Å²) in [5, 5.41) is 4.91. The first-order chi connectivity index (χ1) is 12.4. The molecule has 0 aromatic carbocycles. The number of hydrogen-bond acceptors (Lipinski definition) is 3. The summed E-state index contributed by atoms with van der Waals surface area (Å²) in [6.45, 7) is 5.35. The molecule has 1 aliphatic carbocycles.